The van der Waals surface area contributed by atoms with Crippen molar-refractivity contribution in [2.45, 2.75) is 6.42 Å². The van der Waals surface area contributed by atoms with Gasteiger partial charge in [-0.05, 0) is 6.26 Å². The predicted octanol–water partition coefficient (Wildman–Crippen LogP) is 0.0287. The van der Waals surface area contributed by atoms with Crippen molar-refractivity contribution < 1.29 is 14.3 Å². The van der Waals surface area contributed by atoms with E-state index in [4.69, 9.17) is 0 Å². The molecule has 0 radical (unpaired) electrons. The molecule has 0 aromatic carbocycles. The smallest absolute Gasteiger partial charge is 0.307 e. The van der Waals surface area contributed by atoms with Gasteiger partial charge in [-0.15, -0.1) is 0 Å². The molecule has 0 saturated heterocycles. The summed E-state index contributed by atoms with van der Waals surface area (Å²) in [6.07, 6.45) is 2.08. The van der Waals surface area contributed by atoms with Gasteiger partial charge in [-0.1, -0.05) is 0 Å². The Labute approximate surface area is 76.0 Å². The molecule has 70 valence electrons. The topological polar surface area (TPSA) is 55.4 Å². The zero-order valence-corrected chi connectivity index (χ0v) is 8.07. The average molecular weight is 191 g/mol. The number of carbonyl (C=O) groups is 2. The van der Waals surface area contributed by atoms with Gasteiger partial charge in [-0.3, -0.25) is 9.59 Å². The number of nitrogens with one attached hydrogen (secondary N) is 1. The predicted molar refractivity (Wildman–Crippen MR) is 48.0 cm³/mol. The van der Waals surface area contributed by atoms with E-state index in [2.05, 4.69) is 10.1 Å². The maximum atomic E-state index is 10.8. The quantitative estimate of drug-likeness (QED) is 0.623. The number of amides is 1. The first kappa shape index (κ1) is 11.3. The summed E-state index contributed by atoms with van der Waals surface area (Å²) in [4.78, 5) is 21.4. The van der Waals surface area contributed by atoms with Crippen molar-refractivity contribution in [3.63, 3.8) is 0 Å². The van der Waals surface area contributed by atoms with E-state index in [9.17, 15) is 9.59 Å². The van der Waals surface area contributed by atoms with Crippen LogP contribution in [0.5, 0.6) is 0 Å². The third-order valence-corrected chi connectivity index (χ3v) is 1.71. The van der Waals surface area contributed by atoms with Crippen LogP contribution in [0.3, 0.4) is 0 Å². The minimum absolute atomic E-state index is 0.0496. The molecule has 1 N–H and O–H groups in total. The van der Waals surface area contributed by atoms with E-state index >= 15 is 0 Å². The number of rotatable bonds is 5. The van der Waals surface area contributed by atoms with Crippen molar-refractivity contribution >= 4 is 23.6 Å². The maximum Gasteiger partial charge on any atom is 0.307 e. The Bertz CT molecular complexity index is 161. The highest BCUT2D eigenvalue weighted by Crippen LogP contribution is 1.89. The van der Waals surface area contributed by atoms with Crippen molar-refractivity contribution in [1.29, 1.82) is 0 Å². The Kier molecular flexibility index (Phi) is 6.55. The number of esters is 1. The van der Waals surface area contributed by atoms with Crippen LogP contribution in [0.4, 0.5) is 0 Å². The molecule has 0 spiro atoms. The van der Waals surface area contributed by atoms with Crippen LogP contribution >= 0.6 is 11.8 Å². The molecule has 0 aliphatic rings. The summed E-state index contributed by atoms with van der Waals surface area (Å²) in [5.74, 6) is 0.0760. The van der Waals surface area contributed by atoms with Gasteiger partial charge in [0.2, 0.25) is 5.91 Å². The largest absolute Gasteiger partial charge is 0.469 e. The molecule has 0 rings (SSSR count). The van der Waals surface area contributed by atoms with Gasteiger partial charge in [-0.2, -0.15) is 11.8 Å². The Morgan fingerprint density at radius 3 is 2.67 bits per heavy atom. The van der Waals surface area contributed by atoms with Gasteiger partial charge in [0.05, 0.1) is 19.3 Å². The van der Waals surface area contributed by atoms with Gasteiger partial charge >= 0.3 is 5.97 Å². The second-order valence-electron chi connectivity index (χ2n) is 2.11. The molecular formula is C7H13NO3S. The second kappa shape index (κ2) is 6.97. The fourth-order valence-corrected chi connectivity index (χ4v) is 0.952. The average Bonchev–Trinajstić information content (AvgIpc) is 2.04. The minimum atomic E-state index is -0.306. The minimum Gasteiger partial charge on any atom is -0.469 e. The summed E-state index contributed by atoms with van der Waals surface area (Å²) in [5.41, 5.74) is 0. The molecule has 4 nitrogen and oxygen atoms in total. The third-order valence-electron chi connectivity index (χ3n) is 1.15. The van der Waals surface area contributed by atoms with E-state index in [0.29, 0.717) is 12.3 Å². The lowest BCUT2D eigenvalue weighted by Gasteiger charge is -2.01. The SMILES string of the molecule is COC(=O)CCNC(=O)CSC. The zero-order valence-electron chi connectivity index (χ0n) is 7.25. The molecule has 0 bridgehead atoms. The van der Waals surface area contributed by atoms with E-state index in [0.717, 1.165) is 0 Å². The van der Waals surface area contributed by atoms with Crippen LogP contribution < -0.4 is 5.32 Å². The Hall–Kier alpha value is -0.710. The molecule has 0 aliphatic carbocycles. The summed E-state index contributed by atoms with van der Waals surface area (Å²) in [6.45, 7) is 0.353. The lowest BCUT2D eigenvalue weighted by Crippen LogP contribution is -2.27. The van der Waals surface area contributed by atoms with Crippen molar-refractivity contribution in [3.8, 4) is 0 Å². The number of hydrogen-bond donors (Lipinski definition) is 1. The van der Waals surface area contributed by atoms with Crippen molar-refractivity contribution in [3.05, 3.63) is 0 Å². The lowest BCUT2D eigenvalue weighted by atomic mass is 10.4. The van der Waals surface area contributed by atoms with E-state index in [1.54, 1.807) is 0 Å². The van der Waals surface area contributed by atoms with Crippen LogP contribution in [0.25, 0.3) is 0 Å². The molecule has 0 atom stereocenters. The molecule has 0 aromatic rings. The van der Waals surface area contributed by atoms with Gasteiger partial charge in [-0.25, -0.2) is 0 Å². The molecule has 0 heterocycles. The van der Waals surface area contributed by atoms with Crippen molar-refractivity contribution in [2.24, 2.45) is 0 Å². The first-order valence-electron chi connectivity index (χ1n) is 3.53. The number of carbonyl (C=O) groups excluding carboxylic acids is 2. The Morgan fingerprint density at radius 2 is 2.17 bits per heavy atom. The number of methoxy groups -OCH3 is 1. The maximum absolute atomic E-state index is 10.8. The summed E-state index contributed by atoms with van der Waals surface area (Å²) in [6, 6.07) is 0. The molecule has 1 amide bonds. The van der Waals surface area contributed by atoms with Crippen LogP contribution in [0.15, 0.2) is 0 Å². The first-order chi connectivity index (χ1) is 5.70. The Balaban J connectivity index is 3.30. The zero-order chi connectivity index (χ0) is 9.40. The molecule has 0 unspecified atom stereocenters. The van der Waals surface area contributed by atoms with Crippen molar-refractivity contribution in [1.82, 2.24) is 5.32 Å². The van der Waals surface area contributed by atoms with Crippen LogP contribution in [-0.2, 0) is 14.3 Å². The lowest BCUT2D eigenvalue weighted by molar-refractivity contribution is -0.140. The fourth-order valence-electron chi connectivity index (χ4n) is 0.588. The number of thioether (sulfide) groups is 1. The van der Waals surface area contributed by atoms with Gasteiger partial charge in [0.15, 0.2) is 0 Å². The summed E-state index contributed by atoms with van der Waals surface area (Å²) >= 11 is 1.45. The van der Waals surface area contributed by atoms with Crippen LogP contribution in [-0.4, -0.2) is 37.5 Å². The van der Waals surface area contributed by atoms with E-state index in [1.165, 1.54) is 18.9 Å². The highest BCUT2D eigenvalue weighted by atomic mass is 32.2. The first-order valence-corrected chi connectivity index (χ1v) is 4.92. The summed E-state index contributed by atoms with van der Waals surface area (Å²) < 4.78 is 4.40. The van der Waals surface area contributed by atoms with Crippen LogP contribution in [0.1, 0.15) is 6.42 Å². The van der Waals surface area contributed by atoms with Crippen LogP contribution in [0.2, 0.25) is 0 Å². The monoisotopic (exact) mass is 191 g/mol. The van der Waals surface area contributed by atoms with Crippen molar-refractivity contribution in [2.75, 3.05) is 25.7 Å². The molecule has 12 heavy (non-hydrogen) atoms. The molecule has 0 saturated carbocycles. The van der Waals surface area contributed by atoms with Crippen LogP contribution in [0, 0.1) is 0 Å². The van der Waals surface area contributed by atoms with Gasteiger partial charge < -0.3 is 10.1 Å². The summed E-state index contributed by atoms with van der Waals surface area (Å²) in [5, 5.41) is 2.59. The van der Waals surface area contributed by atoms with Gasteiger partial charge in [0.25, 0.3) is 0 Å². The third kappa shape index (κ3) is 6.03. The molecule has 5 heteroatoms. The van der Waals surface area contributed by atoms with Gasteiger partial charge in [0, 0.05) is 6.54 Å². The molecule has 0 fully saturated rings. The van der Waals surface area contributed by atoms with Gasteiger partial charge in [0.1, 0.15) is 0 Å². The highest BCUT2D eigenvalue weighted by Gasteiger charge is 2.01. The Morgan fingerprint density at radius 1 is 1.50 bits per heavy atom. The molecule has 0 aliphatic heterocycles. The normalized spacial score (nSPS) is 9.17. The van der Waals surface area contributed by atoms with E-state index in [1.807, 2.05) is 6.26 Å². The number of hydrogen-bond acceptors (Lipinski definition) is 4. The summed E-state index contributed by atoms with van der Waals surface area (Å²) in [7, 11) is 1.33. The fraction of sp³-hybridized carbons (Fsp3) is 0.714. The number of ether oxygens (including phenoxy) is 1. The van der Waals surface area contributed by atoms with E-state index < -0.39 is 0 Å². The highest BCUT2D eigenvalue weighted by molar-refractivity contribution is 7.99. The van der Waals surface area contributed by atoms with E-state index in [-0.39, 0.29) is 18.3 Å². The molecular weight excluding hydrogens is 178 g/mol. The second-order valence-corrected chi connectivity index (χ2v) is 2.98. The standard InChI is InChI=1S/C7H13NO3S/c1-11-7(10)3-4-8-6(9)5-12-2/h3-5H2,1-2H3,(H,8,9). The molecule has 0 aromatic heterocycles.